The molecular formula is C16H16N6O4S. The van der Waals surface area contributed by atoms with E-state index in [2.05, 4.69) is 25.5 Å². The van der Waals surface area contributed by atoms with Crippen LogP contribution in [0, 0.1) is 6.92 Å². The van der Waals surface area contributed by atoms with E-state index in [0.29, 0.717) is 17.1 Å². The summed E-state index contributed by atoms with van der Waals surface area (Å²) in [5, 5.41) is 10.6. The Kier molecular flexibility index (Phi) is 5.50. The van der Waals surface area contributed by atoms with Crippen LogP contribution in [0.25, 0.3) is 0 Å². The first-order chi connectivity index (χ1) is 12.9. The average molecular weight is 388 g/mol. The maximum absolute atomic E-state index is 12.2. The number of nitrogens with zero attached hydrogens (tertiary/aromatic N) is 4. The molecular weight excluding hydrogens is 372 g/mol. The zero-order valence-corrected chi connectivity index (χ0v) is 15.4. The van der Waals surface area contributed by atoms with Crippen LogP contribution in [0.3, 0.4) is 0 Å². The highest BCUT2D eigenvalue weighted by atomic mass is 32.2. The van der Waals surface area contributed by atoms with Gasteiger partial charge in [-0.2, -0.15) is 0 Å². The average Bonchev–Trinajstić information content (AvgIpc) is 3.10. The van der Waals surface area contributed by atoms with Gasteiger partial charge in [0.1, 0.15) is 5.82 Å². The number of aromatic nitrogens is 5. The Morgan fingerprint density at radius 3 is 2.89 bits per heavy atom. The molecule has 3 aromatic heterocycles. The summed E-state index contributed by atoms with van der Waals surface area (Å²) in [5.74, 6) is 0.481. The maximum atomic E-state index is 12.2. The third kappa shape index (κ3) is 4.50. The van der Waals surface area contributed by atoms with Gasteiger partial charge in [-0.1, -0.05) is 17.8 Å². The quantitative estimate of drug-likeness (QED) is 0.582. The van der Waals surface area contributed by atoms with Crippen molar-refractivity contribution in [3.05, 3.63) is 62.4 Å². The number of pyridine rings is 1. The summed E-state index contributed by atoms with van der Waals surface area (Å²) in [4.78, 5) is 42.3. The zero-order chi connectivity index (χ0) is 19.4. The molecule has 0 bridgehead atoms. The Morgan fingerprint density at radius 2 is 2.15 bits per heavy atom. The third-order valence-electron chi connectivity index (χ3n) is 3.65. The third-order valence-corrected chi connectivity index (χ3v) is 4.47. The Hall–Kier alpha value is -3.21. The highest BCUT2D eigenvalue weighted by Crippen LogP contribution is 2.17. The molecule has 0 aromatic carbocycles. The topological polar surface area (TPSA) is 136 Å². The maximum Gasteiger partial charge on any atom is 0.328 e. The molecule has 11 heteroatoms. The van der Waals surface area contributed by atoms with Gasteiger partial charge in [0, 0.05) is 24.5 Å². The van der Waals surface area contributed by atoms with Gasteiger partial charge in [0.2, 0.25) is 11.8 Å². The minimum Gasteiger partial charge on any atom is -0.416 e. The first kappa shape index (κ1) is 18.6. The molecule has 0 saturated heterocycles. The van der Waals surface area contributed by atoms with Crippen LogP contribution in [0.2, 0.25) is 0 Å². The summed E-state index contributed by atoms with van der Waals surface area (Å²) in [5.41, 5.74) is -0.0872. The predicted molar refractivity (Wildman–Crippen MR) is 97.7 cm³/mol. The minimum absolute atomic E-state index is 0.0671. The number of aromatic amines is 1. The van der Waals surface area contributed by atoms with Crippen molar-refractivity contribution in [1.29, 1.82) is 0 Å². The normalized spacial score (nSPS) is 10.7. The van der Waals surface area contributed by atoms with Crippen molar-refractivity contribution in [3.63, 3.8) is 0 Å². The van der Waals surface area contributed by atoms with E-state index in [4.69, 9.17) is 4.42 Å². The molecule has 0 aliphatic rings. The number of carbonyl (C=O) groups is 1. The SMILES string of the molecule is Cc1[nH]c(=O)n(C)c(=O)c1Cc1nnc(SCC(=O)Nc2ccccn2)o1. The number of hydrogen-bond donors (Lipinski definition) is 2. The summed E-state index contributed by atoms with van der Waals surface area (Å²) in [7, 11) is 1.39. The summed E-state index contributed by atoms with van der Waals surface area (Å²) in [6.07, 6.45) is 1.67. The number of anilines is 1. The van der Waals surface area contributed by atoms with Crippen LogP contribution in [0.1, 0.15) is 17.1 Å². The molecule has 0 saturated carbocycles. The van der Waals surface area contributed by atoms with E-state index in [0.717, 1.165) is 16.3 Å². The van der Waals surface area contributed by atoms with Crippen LogP contribution >= 0.6 is 11.8 Å². The number of amides is 1. The van der Waals surface area contributed by atoms with Crippen LogP contribution in [0.5, 0.6) is 0 Å². The lowest BCUT2D eigenvalue weighted by Crippen LogP contribution is -2.36. The molecule has 0 atom stereocenters. The van der Waals surface area contributed by atoms with Gasteiger partial charge in [0.15, 0.2) is 0 Å². The molecule has 0 fully saturated rings. The summed E-state index contributed by atoms with van der Waals surface area (Å²) in [6.45, 7) is 1.63. The second kappa shape index (κ2) is 7.99. The van der Waals surface area contributed by atoms with E-state index in [-0.39, 0.29) is 29.2 Å². The first-order valence-corrected chi connectivity index (χ1v) is 8.87. The fourth-order valence-electron chi connectivity index (χ4n) is 2.25. The molecule has 1 amide bonds. The number of rotatable bonds is 6. The Morgan fingerprint density at radius 1 is 1.33 bits per heavy atom. The molecule has 10 nitrogen and oxygen atoms in total. The Balaban J connectivity index is 1.62. The van der Waals surface area contributed by atoms with Gasteiger partial charge in [-0.25, -0.2) is 9.78 Å². The largest absolute Gasteiger partial charge is 0.416 e. The monoisotopic (exact) mass is 388 g/mol. The van der Waals surface area contributed by atoms with E-state index in [9.17, 15) is 14.4 Å². The van der Waals surface area contributed by atoms with Gasteiger partial charge in [-0.3, -0.25) is 14.2 Å². The lowest BCUT2D eigenvalue weighted by atomic mass is 10.2. The van der Waals surface area contributed by atoms with Crippen molar-refractivity contribution >= 4 is 23.5 Å². The number of carbonyl (C=O) groups excluding carboxylic acids is 1. The molecule has 0 aliphatic heterocycles. The van der Waals surface area contributed by atoms with Crippen molar-refractivity contribution in [3.8, 4) is 0 Å². The van der Waals surface area contributed by atoms with Crippen molar-refractivity contribution in [2.24, 2.45) is 7.05 Å². The number of aryl methyl sites for hydroxylation is 1. The first-order valence-electron chi connectivity index (χ1n) is 7.89. The molecule has 0 aliphatic carbocycles. The van der Waals surface area contributed by atoms with Crippen LogP contribution in [0.4, 0.5) is 5.82 Å². The van der Waals surface area contributed by atoms with Crippen molar-refractivity contribution < 1.29 is 9.21 Å². The highest BCUT2D eigenvalue weighted by molar-refractivity contribution is 7.99. The Bertz CT molecular complexity index is 1070. The molecule has 140 valence electrons. The predicted octanol–water partition coefficient (Wildman–Crippen LogP) is 0.482. The van der Waals surface area contributed by atoms with E-state index in [1.165, 1.54) is 7.05 Å². The van der Waals surface area contributed by atoms with Gasteiger partial charge < -0.3 is 14.7 Å². The van der Waals surface area contributed by atoms with Crippen LogP contribution in [-0.2, 0) is 18.3 Å². The van der Waals surface area contributed by atoms with Gasteiger partial charge in [0.25, 0.3) is 10.8 Å². The van der Waals surface area contributed by atoms with Gasteiger partial charge in [-0.05, 0) is 19.1 Å². The van der Waals surface area contributed by atoms with Crippen molar-refractivity contribution in [1.82, 2.24) is 24.7 Å². The lowest BCUT2D eigenvalue weighted by molar-refractivity contribution is -0.113. The minimum atomic E-state index is -0.484. The number of thioether (sulfide) groups is 1. The van der Waals surface area contributed by atoms with E-state index < -0.39 is 11.2 Å². The number of nitrogens with one attached hydrogen (secondary N) is 2. The molecule has 0 unspecified atom stereocenters. The second-order valence-corrected chi connectivity index (χ2v) is 6.51. The fraction of sp³-hybridized carbons (Fsp3) is 0.250. The Labute approximate surface area is 157 Å². The molecule has 3 heterocycles. The van der Waals surface area contributed by atoms with E-state index >= 15 is 0 Å². The molecule has 3 rings (SSSR count). The zero-order valence-electron chi connectivity index (χ0n) is 14.6. The van der Waals surface area contributed by atoms with Crippen molar-refractivity contribution in [2.45, 2.75) is 18.6 Å². The van der Waals surface area contributed by atoms with Gasteiger partial charge >= 0.3 is 5.69 Å². The summed E-state index contributed by atoms with van der Waals surface area (Å²) < 4.78 is 6.46. The lowest BCUT2D eigenvalue weighted by Gasteiger charge is -2.04. The fourth-order valence-corrected chi connectivity index (χ4v) is 2.83. The van der Waals surface area contributed by atoms with Crippen molar-refractivity contribution in [2.75, 3.05) is 11.1 Å². The smallest absolute Gasteiger partial charge is 0.328 e. The summed E-state index contributed by atoms with van der Waals surface area (Å²) >= 11 is 1.07. The molecule has 2 N–H and O–H groups in total. The van der Waals surface area contributed by atoms with Crippen LogP contribution in [-0.4, -0.2) is 36.4 Å². The molecule has 0 radical (unpaired) electrons. The number of H-pyrrole nitrogens is 1. The van der Waals surface area contributed by atoms with Crippen LogP contribution in [0.15, 0.2) is 43.6 Å². The van der Waals surface area contributed by atoms with Gasteiger partial charge in [-0.15, -0.1) is 10.2 Å². The van der Waals surface area contributed by atoms with E-state index in [1.807, 2.05) is 0 Å². The highest BCUT2D eigenvalue weighted by Gasteiger charge is 2.15. The van der Waals surface area contributed by atoms with Crippen LogP contribution < -0.4 is 16.6 Å². The second-order valence-electron chi connectivity index (χ2n) is 5.59. The molecule has 3 aromatic rings. The molecule has 27 heavy (non-hydrogen) atoms. The standard InChI is InChI=1S/C16H16N6O4S/c1-9-10(14(24)22(2)15(25)18-9)7-13-20-21-16(26-13)27-8-12(23)19-11-5-3-4-6-17-11/h3-6H,7-8H2,1-2H3,(H,18,25)(H,17,19,23). The summed E-state index contributed by atoms with van der Waals surface area (Å²) in [6, 6.07) is 5.20. The van der Waals surface area contributed by atoms with Gasteiger partial charge in [0.05, 0.1) is 12.2 Å². The number of hydrogen-bond acceptors (Lipinski definition) is 8. The molecule has 0 spiro atoms. The van der Waals surface area contributed by atoms with E-state index in [1.54, 1.807) is 31.3 Å².